The number of aromatic nitrogens is 1. The molecule has 1 aliphatic rings. The van der Waals surface area contributed by atoms with Crippen molar-refractivity contribution in [1.82, 2.24) is 4.98 Å². The average molecular weight is 285 g/mol. The Morgan fingerprint density at radius 1 is 1.10 bits per heavy atom. The quantitative estimate of drug-likeness (QED) is 0.856. The van der Waals surface area contributed by atoms with Gasteiger partial charge in [-0.3, -0.25) is 0 Å². The lowest BCUT2D eigenvalue weighted by Crippen LogP contribution is -2.45. The summed E-state index contributed by atoms with van der Waals surface area (Å²) in [5.41, 5.74) is 6.95. The number of pyridine rings is 1. The van der Waals surface area contributed by atoms with Crippen molar-refractivity contribution in [2.45, 2.75) is 38.1 Å². The largest absolute Gasteiger partial charge is 0.376 e. The van der Waals surface area contributed by atoms with E-state index in [2.05, 4.69) is 12.1 Å². The predicted octanol–water partition coefficient (Wildman–Crippen LogP) is 3.62. The highest BCUT2D eigenvalue weighted by Crippen LogP contribution is 2.27. The number of anilines is 1. The maximum absolute atomic E-state index is 5.96. The topological polar surface area (TPSA) is 42.1 Å². The molecule has 2 aromatic rings. The number of thiocarbonyl (C=S) groups is 1. The summed E-state index contributed by atoms with van der Waals surface area (Å²) in [7, 11) is 0. The minimum atomic E-state index is 0.398. The summed E-state index contributed by atoms with van der Waals surface area (Å²) < 4.78 is 0. The third-order valence-corrected chi connectivity index (χ3v) is 4.20. The minimum Gasteiger partial charge on any atom is -0.376 e. The SMILES string of the molecule is NC(=S)N(c1ccc2ccccc2n1)C1CCCCC1. The van der Waals surface area contributed by atoms with Gasteiger partial charge in [0.05, 0.1) is 5.52 Å². The summed E-state index contributed by atoms with van der Waals surface area (Å²) in [6.07, 6.45) is 6.10. The Morgan fingerprint density at radius 2 is 1.85 bits per heavy atom. The van der Waals surface area contributed by atoms with Gasteiger partial charge in [0.2, 0.25) is 0 Å². The van der Waals surface area contributed by atoms with Gasteiger partial charge < -0.3 is 10.6 Å². The van der Waals surface area contributed by atoms with Gasteiger partial charge in [0.15, 0.2) is 5.11 Å². The second-order valence-electron chi connectivity index (χ2n) is 5.36. The van der Waals surface area contributed by atoms with E-state index in [9.17, 15) is 0 Å². The first kappa shape index (κ1) is 13.3. The van der Waals surface area contributed by atoms with E-state index in [4.69, 9.17) is 22.9 Å². The van der Waals surface area contributed by atoms with E-state index in [1.54, 1.807) is 0 Å². The molecule has 1 saturated carbocycles. The van der Waals surface area contributed by atoms with Crippen LogP contribution >= 0.6 is 12.2 Å². The van der Waals surface area contributed by atoms with Crippen LogP contribution in [0.3, 0.4) is 0 Å². The summed E-state index contributed by atoms with van der Waals surface area (Å²) in [5.74, 6) is 0.878. The van der Waals surface area contributed by atoms with E-state index >= 15 is 0 Å². The van der Waals surface area contributed by atoms with Crippen molar-refractivity contribution >= 4 is 34.1 Å². The molecule has 0 spiro atoms. The Hall–Kier alpha value is -1.68. The van der Waals surface area contributed by atoms with Gasteiger partial charge >= 0.3 is 0 Å². The molecule has 0 radical (unpaired) electrons. The zero-order valence-electron chi connectivity index (χ0n) is 11.5. The van der Waals surface area contributed by atoms with Crippen molar-refractivity contribution in [3.05, 3.63) is 36.4 Å². The zero-order chi connectivity index (χ0) is 13.9. The Labute approximate surface area is 124 Å². The molecule has 104 valence electrons. The molecule has 0 bridgehead atoms. The number of rotatable bonds is 2. The van der Waals surface area contributed by atoms with Gasteiger partial charge in [-0.1, -0.05) is 37.5 Å². The first-order chi connectivity index (χ1) is 9.75. The fourth-order valence-corrected chi connectivity index (χ4v) is 3.25. The minimum absolute atomic E-state index is 0.398. The number of benzene rings is 1. The zero-order valence-corrected chi connectivity index (χ0v) is 12.3. The molecule has 1 aliphatic carbocycles. The Balaban J connectivity index is 1.98. The van der Waals surface area contributed by atoms with Crippen LogP contribution in [0.5, 0.6) is 0 Å². The van der Waals surface area contributed by atoms with Crippen LogP contribution in [-0.4, -0.2) is 16.1 Å². The van der Waals surface area contributed by atoms with Gasteiger partial charge in [-0.25, -0.2) is 4.98 Å². The average Bonchev–Trinajstić information content (AvgIpc) is 2.48. The molecule has 20 heavy (non-hydrogen) atoms. The van der Waals surface area contributed by atoms with Gasteiger partial charge in [-0.15, -0.1) is 0 Å². The first-order valence-corrected chi connectivity index (χ1v) is 7.61. The molecule has 3 rings (SSSR count). The van der Waals surface area contributed by atoms with Gasteiger partial charge in [-0.2, -0.15) is 0 Å². The molecule has 2 N–H and O–H groups in total. The van der Waals surface area contributed by atoms with Crippen LogP contribution < -0.4 is 10.6 Å². The fraction of sp³-hybridized carbons (Fsp3) is 0.375. The normalized spacial score (nSPS) is 16.2. The highest BCUT2D eigenvalue weighted by atomic mass is 32.1. The van der Waals surface area contributed by atoms with Crippen LogP contribution in [-0.2, 0) is 0 Å². The second-order valence-corrected chi connectivity index (χ2v) is 5.78. The van der Waals surface area contributed by atoms with Crippen molar-refractivity contribution in [2.75, 3.05) is 4.90 Å². The Morgan fingerprint density at radius 3 is 2.60 bits per heavy atom. The molecule has 0 amide bonds. The van der Waals surface area contributed by atoms with E-state index in [1.165, 1.54) is 19.3 Å². The van der Waals surface area contributed by atoms with E-state index in [0.717, 1.165) is 29.6 Å². The number of para-hydroxylation sites is 1. The van der Waals surface area contributed by atoms with Crippen molar-refractivity contribution in [2.24, 2.45) is 5.73 Å². The summed E-state index contributed by atoms with van der Waals surface area (Å²) in [4.78, 5) is 6.77. The van der Waals surface area contributed by atoms with Gasteiger partial charge in [0, 0.05) is 11.4 Å². The van der Waals surface area contributed by atoms with Gasteiger partial charge in [-0.05, 0) is 43.3 Å². The van der Waals surface area contributed by atoms with Crippen LogP contribution in [0.25, 0.3) is 10.9 Å². The molecule has 3 nitrogen and oxygen atoms in total. The molecule has 1 aromatic carbocycles. The summed E-state index contributed by atoms with van der Waals surface area (Å²) in [6.45, 7) is 0. The number of nitrogens with zero attached hydrogens (tertiary/aromatic N) is 2. The molecule has 0 aliphatic heterocycles. The van der Waals surface area contributed by atoms with Gasteiger partial charge in [0.25, 0.3) is 0 Å². The van der Waals surface area contributed by atoms with E-state index in [-0.39, 0.29) is 0 Å². The van der Waals surface area contributed by atoms with Gasteiger partial charge in [0.1, 0.15) is 5.82 Å². The third kappa shape index (κ3) is 2.61. The molecule has 0 unspecified atom stereocenters. The van der Waals surface area contributed by atoms with E-state index in [0.29, 0.717) is 11.2 Å². The van der Waals surface area contributed by atoms with Crippen LogP contribution in [0, 0.1) is 0 Å². The molecular weight excluding hydrogens is 266 g/mol. The monoisotopic (exact) mass is 285 g/mol. The third-order valence-electron chi connectivity index (χ3n) is 4.01. The van der Waals surface area contributed by atoms with Crippen LogP contribution in [0.15, 0.2) is 36.4 Å². The Kier molecular flexibility index (Phi) is 3.83. The molecule has 1 heterocycles. The Bertz CT molecular complexity index is 620. The summed E-state index contributed by atoms with van der Waals surface area (Å²) >= 11 is 5.27. The van der Waals surface area contributed by atoms with E-state index < -0.39 is 0 Å². The molecule has 0 saturated heterocycles. The summed E-state index contributed by atoms with van der Waals surface area (Å²) in [5, 5.41) is 1.57. The first-order valence-electron chi connectivity index (χ1n) is 7.20. The van der Waals surface area contributed by atoms with E-state index in [1.807, 2.05) is 29.2 Å². The van der Waals surface area contributed by atoms with Crippen molar-refractivity contribution in [1.29, 1.82) is 0 Å². The molecular formula is C16H19N3S. The number of hydrogen-bond acceptors (Lipinski definition) is 2. The smallest absolute Gasteiger partial charge is 0.172 e. The van der Waals surface area contributed by atoms with Crippen LogP contribution in [0.2, 0.25) is 0 Å². The molecule has 1 fully saturated rings. The summed E-state index contributed by atoms with van der Waals surface area (Å²) in [6, 6.07) is 12.6. The maximum Gasteiger partial charge on any atom is 0.172 e. The molecule has 0 atom stereocenters. The van der Waals surface area contributed by atoms with Crippen molar-refractivity contribution in [3.63, 3.8) is 0 Å². The second kappa shape index (κ2) is 5.75. The lowest BCUT2D eigenvalue weighted by molar-refractivity contribution is 0.439. The lowest BCUT2D eigenvalue weighted by atomic mass is 9.94. The number of nitrogens with two attached hydrogens (primary N) is 1. The van der Waals surface area contributed by atoms with Crippen LogP contribution in [0.4, 0.5) is 5.82 Å². The molecule has 4 heteroatoms. The van der Waals surface area contributed by atoms with Crippen molar-refractivity contribution in [3.8, 4) is 0 Å². The highest BCUT2D eigenvalue weighted by molar-refractivity contribution is 7.80. The highest BCUT2D eigenvalue weighted by Gasteiger charge is 2.24. The predicted molar refractivity (Wildman–Crippen MR) is 87.9 cm³/mol. The maximum atomic E-state index is 5.96. The number of hydrogen-bond donors (Lipinski definition) is 1. The van der Waals surface area contributed by atoms with Crippen molar-refractivity contribution < 1.29 is 0 Å². The number of fused-ring (bicyclic) bond motifs is 1. The van der Waals surface area contributed by atoms with Crippen LogP contribution in [0.1, 0.15) is 32.1 Å². The fourth-order valence-electron chi connectivity index (χ4n) is 3.01. The lowest BCUT2D eigenvalue weighted by Gasteiger charge is -2.34. The molecule has 1 aromatic heterocycles. The standard InChI is InChI=1S/C16H19N3S/c17-16(20)19(13-7-2-1-3-8-13)15-11-10-12-6-4-5-9-14(12)18-15/h4-6,9-11,13H,1-3,7-8H2,(H2,17,20).